The molecule has 118 valence electrons. The van der Waals surface area contributed by atoms with Crippen LogP contribution in [0.1, 0.15) is 5.69 Å². The zero-order valence-electron chi connectivity index (χ0n) is 12.8. The van der Waals surface area contributed by atoms with Gasteiger partial charge in [0.15, 0.2) is 10.8 Å². The molecule has 0 aliphatic heterocycles. The molecule has 3 aromatic heterocycles. The lowest BCUT2D eigenvalue weighted by Crippen LogP contribution is -2.31. The zero-order valence-corrected chi connectivity index (χ0v) is 13.6. The molecule has 6 nitrogen and oxygen atoms in total. The van der Waals surface area contributed by atoms with Gasteiger partial charge in [-0.1, -0.05) is 30.3 Å². The van der Waals surface area contributed by atoms with Crippen LogP contribution < -0.4 is 11.3 Å². The fourth-order valence-electron chi connectivity index (χ4n) is 2.89. The minimum Gasteiger partial charge on any atom is -0.376 e. The van der Waals surface area contributed by atoms with E-state index < -0.39 is 0 Å². The average molecular weight is 335 g/mol. The summed E-state index contributed by atoms with van der Waals surface area (Å²) in [6.07, 6.45) is 3.11. The maximum absolute atomic E-state index is 12.5. The standard InChI is InChI=1S/C17H13N5OS/c1-10-14(11-5-3-2-4-6-11)15-19-9-12-13(22(15)20-10)7-8-21(16(12)23)17(18)24/h2-9H,1H3,(H2,18,24). The normalized spacial score (nSPS) is 11.2. The Morgan fingerprint density at radius 1 is 1.21 bits per heavy atom. The van der Waals surface area contributed by atoms with Crippen molar-refractivity contribution in [3.05, 3.63) is 64.8 Å². The van der Waals surface area contributed by atoms with E-state index in [1.54, 1.807) is 23.0 Å². The molecule has 4 rings (SSSR count). The average Bonchev–Trinajstić information content (AvgIpc) is 2.92. The summed E-state index contributed by atoms with van der Waals surface area (Å²) in [5.41, 5.74) is 9.49. The third-order valence-corrected chi connectivity index (χ3v) is 4.18. The van der Waals surface area contributed by atoms with Gasteiger partial charge in [0.25, 0.3) is 5.56 Å². The Bertz CT molecular complexity index is 1160. The highest BCUT2D eigenvalue weighted by atomic mass is 32.1. The Kier molecular flexibility index (Phi) is 3.17. The van der Waals surface area contributed by atoms with E-state index in [0.29, 0.717) is 16.6 Å². The Morgan fingerprint density at radius 2 is 1.96 bits per heavy atom. The van der Waals surface area contributed by atoms with Crippen LogP contribution in [0.2, 0.25) is 0 Å². The number of hydrogen-bond acceptors (Lipinski definition) is 4. The highest BCUT2D eigenvalue weighted by Crippen LogP contribution is 2.28. The molecule has 7 heteroatoms. The smallest absolute Gasteiger partial charge is 0.267 e. The summed E-state index contributed by atoms with van der Waals surface area (Å²) >= 11 is 4.90. The Balaban J connectivity index is 2.10. The Labute approximate surface area is 142 Å². The van der Waals surface area contributed by atoms with E-state index in [1.165, 1.54) is 4.57 Å². The third kappa shape index (κ3) is 2.02. The molecule has 3 heterocycles. The first kappa shape index (κ1) is 14.5. The van der Waals surface area contributed by atoms with Crippen LogP contribution in [0.3, 0.4) is 0 Å². The van der Waals surface area contributed by atoms with E-state index in [-0.39, 0.29) is 10.7 Å². The van der Waals surface area contributed by atoms with Crippen molar-refractivity contribution in [3.63, 3.8) is 0 Å². The first-order chi connectivity index (χ1) is 11.6. The molecule has 0 aliphatic carbocycles. The largest absolute Gasteiger partial charge is 0.376 e. The van der Waals surface area contributed by atoms with Crippen LogP contribution in [0.4, 0.5) is 0 Å². The lowest BCUT2D eigenvalue weighted by Gasteiger charge is -2.06. The summed E-state index contributed by atoms with van der Waals surface area (Å²) in [6.45, 7) is 1.93. The second-order valence-electron chi connectivity index (χ2n) is 5.45. The topological polar surface area (TPSA) is 78.2 Å². The zero-order chi connectivity index (χ0) is 16.8. The molecule has 2 N–H and O–H groups in total. The van der Waals surface area contributed by atoms with Gasteiger partial charge < -0.3 is 5.73 Å². The molecule has 0 radical (unpaired) electrons. The van der Waals surface area contributed by atoms with Gasteiger partial charge in [-0.2, -0.15) is 5.10 Å². The van der Waals surface area contributed by atoms with Gasteiger partial charge in [-0.15, -0.1) is 0 Å². The second-order valence-corrected chi connectivity index (χ2v) is 5.87. The predicted octanol–water partition coefficient (Wildman–Crippen LogP) is 2.11. The summed E-state index contributed by atoms with van der Waals surface area (Å²) in [5.74, 6) is 0. The van der Waals surface area contributed by atoms with Crippen LogP contribution in [0.5, 0.6) is 0 Å². The monoisotopic (exact) mass is 335 g/mol. The highest BCUT2D eigenvalue weighted by molar-refractivity contribution is 7.80. The van der Waals surface area contributed by atoms with Crippen LogP contribution in [0.25, 0.3) is 27.7 Å². The molecule has 0 atom stereocenters. The van der Waals surface area contributed by atoms with Gasteiger partial charge in [0, 0.05) is 18.0 Å². The van der Waals surface area contributed by atoms with Crippen LogP contribution in [0, 0.1) is 6.92 Å². The minimum absolute atomic E-state index is 0.00335. The number of rotatable bonds is 1. The molecule has 0 saturated carbocycles. The van der Waals surface area contributed by atoms with Crippen molar-refractivity contribution in [1.82, 2.24) is 19.2 Å². The molecule has 0 aliphatic rings. The first-order valence-corrected chi connectivity index (χ1v) is 7.73. The van der Waals surface area contributed by atoms with E-state index in [9.17, 15) is 4.79 Å². The second kappa shape index (κ2) is 5.24. The summed E-state index contributed by atoms with van der Waals surface area (Å²) in [4.78, 5) is 17.0. The van der Waals surface area contributed by atoms with Gasteiger partial charge in [0.1, 0.15) is 0 Å². The summed E-state index contributed by atoms with van der Waals surface area (Å²) in [5, 5.41) is 5.00. The number of nitrogens with zero attached hydrogens (tertiary/aromatic N) is 4. The molecule has 0 spiro atoms. The van der Waals surface area contributed by atoms with Crippen molar-refractivity contribution in [2.75, 3.05) is 0 Å². The third-order valence-electron chi connectivity index (χ3n) is 3.99. The van der Waals surface area contributed by atoms with Crippen molar-refractivity contribution in [1.29, 1.82) is 0 Å². The van der Waals surface area contributed by atoms with Crippen molar-refractivity contribution in [3.8, 4) is 11.1 Å². The number of pyridine rings is 1. The molecule has 0 unspecified atom stereocenters. The van der Waals surface area contributed by atoms with Gasteiger partial charge >= 0.3 is 0 Å². The number of nitrogens with two attached hydrogens (primary N) is 1. The van der Waals surface area contributed by atoms with Gasteiger partial charge in [0.05, 0.1) is 16.6 Å². The van der Waals surface area contributed by atoms with Crippen molar-refractivity contribution in [2.45, 2.75) is 6.92 Å². The number of aromatic nitrogens is 4. The quantitative estimate of drug-likeness (QED) is 0.539. The molecular weight excluding hydrogens is 322 g/mol. The predicted molar refractivity (Wildman–Crippen MR) is 97.1 cm³/mol. The van der Waals surface area contributed by atoms with E-state index in [4.69, 9.17) is 18.0 Å². The molecular formula is C17H13N5OS. The van der Waals surface area contributed by atoms with Crippen LogP contribution in [-0.2, 0) is 0 Å². The summed E-state index contributed by atoms with van der Waals surface area (Å²) in [6, 6.07) is 11.7. The van der Waals surface area contributed by atoms with E-state index in [1.807, 2.05) is 37.3 Å². The maximum atomic E-state index is 12.5. The van der Waals surface area contributed by atoms with E-state index >= 15 is 0 Å². The minimum atomic E-state index is -0.302. The SMILES string of the molecule is Cc1nn2c(ncc3c(=O)n(C(N)=S)ccc32)c1-c1ccccc1. The molecule has 4 aromatic rings. The number of hydrogen-bond donors (Lipinski definition) is 1. The maximum Gasteiger partial charge on any atom is 0.267 e. The number of thiocarbonyl (C=S) groups is 1. The summed E-state index contributed by atoms with van der Waals surface area (Å²) < 4.78 is 2.91. The van der Waals surface area contributed by atoms with Crippen LogP contribution in [0.15, 0.2) is 53.6 Å². The van der Waals surface area contributed by atoms with Crippen molar-refractivity contribution >= 4 is 33.9 Å². The lowest BCUT2D eigenvalue weighted by atomic mass is 10.1. The molecule has 0 bridgehead atoms. The van der Waals surface area contributed by atoms with Crippen molar-refractivity contribution < 1.29 is 0 Å². The summed E-state index contributed by atoms with van der Waals surface area (Å²) in [7, 11) is 0. The van der Waals surface area contributed by atoms with Crippen LogP contribution >= 0.6 is 12.2 Å². The van der Waals surface area contributed by atoms with Crippen molar-refractivity contribution in [2.24, 2.45) is 5.73 Å². The lowest BCUT2D eigenvalue weighted by molar-refractivity contribution is 0.948. The Hall–Kier alpha value is -3.06. The number of fused-ring (bicyclic) bond motifs is 3. The fraction of sp³-hybridized carbons (Fsp3) is 0.0588. The molecule has 1 aromatic carbocycles. The highest BCUT2D eigenvalue weighted by Gasteiger charge is 2.16. The molecule has 24 heavy (non-hydrogen) atoms. The fourth-order valence-corrected chi connectivity index (χ4v) is 3.04. The van der Waals surface area contributed by atoms with Crippen LogP contribution in [-0.4, -0.2) is 24.3 Å². The Morgan fingerprint density at radius 3 is 2.67 bits per heavy atom. The number of benzene rings is 1. The van der Waals surface area contributed by atoms with Gasteiger partial charge in [-0.3, -0.25) is 9.36 Å². The van der Waals surface area contributed by atoms with Gasteiger partial charge in [-0.05, 0) is 30.8 Å². The number of aryl methyl sites for hydroxylation is 1. The molecule has 0 fully saturated rings. The van der Waals surface area contributed by atoms with Gasteiger partial charge in [0.2, 0.25) is 0 Å². The first-order valence-electron chi connectivity index (χ1n) is 7.33. The molecule has 0 saturated heterocycles. The van der Waals surface area contributed by atoms with Gasteiger partial charge in [-0.25, -0.2) is 9.50 Å². The molecule has 0 amide bonds. The van der Waals surface area contributed by atoms with E-state index in [2.05, 4.69) is 10.1 Å². The van der Waals surface area contributed by atoms with E-state index in [0.717, 1.165) is 16.8 Å².